The zero-order chi connectivity index (χ0) is 42.1. The van der Waals surface area contributed by atoms with Crippen LogP contribution in [-0.2, 0) is 0 Å². The maximum absolute atomic E-state index is 6.39. The predicted molar refractivity (Wildman–Crippen MR) is 260 cm³/mol. The molecule has 11 aromatic rings. The number of ether oxygens (including phenoxy) is 1. The predicted octanol–water partition coefficient (Wildman–Crippen LogP) is 15.0. The van der Waals surface area contributed by atoms with E-state index in [4.69, 9.17) is 19.1 Å². The van der Waals surface area contributed by atoms with E-state index in [-0.39, 0.29) is 12.0 Å². The van der Waals surface area contributed by atoms with Crippen LogP contribution in [0, 0.1) is 0 Å². The molecule has 5 heteroatoms. The summed E-state index contributed by atoms with van der Waals surface area (Å²) in [5.74, 6) is 1.77. The second-order valence-corrected chi connectivity index (χ2v) is 16.6. The fraction of sp³-hybridized carbons (Fsp3) is 0.0339. The first-order valence-electron chi connectivity index (χ1n) is 21.7. The van der Waals surface area contributed by atoms with Crippen LogP contribution < -0.4 is 4.74 Å². The number of para-hydroxylation sites is 1. The Balaban J connectivity index is 1.06. The molecule has 3 aromatic heterocycles. The highest BCUT2D eigenvalue weighted by Gasteiger charge is 2.32. The van der Waals surface area contributed by atoms with Gasteiger partial charge in [0.2, 0.25) is 0 Å². The first-order chi connectivity index (χ1) is 31.7. The van der Waals surface area contributed by atoms with Gasteiger partial charge in [-0.05, 0) is 128 Å². The van der Waals surface area contributed by atoms with Gasteiger partial charge in [0, 0.05) is 51.3 Å². The van der Waals surface area contributed by atoms with Crippen molar-refractivity contribution in [2.75, 3.05) is 0 Å². The summed E-state index contributed by atoms with van der Waals surface area (Å²) in [7, 11) is 0. The van der Waals surface area contributed by atoms with E-state index in [0.29, 0.717) is 5.82 Å². The van der Waals surface area contributed by atoms with Gasteiger partial charge in [0.15, 0.2) is 5.82 Å². The van der Waals surface area contributed by atoms with Crippen LogP contribution in [0.4, 0.5) is 0 Å². The monoisotopic (exact) mass is 819 g/mol. The highest BCUT2D eigenvalue weighted by molar-refractivity contribution is 6.21. The van der Waals surface area contributed by atoms with Crippen molar-refractivity contribution in [1.29, 1.82) is 0 Å². The fourth-order valence-electron chi connectivity index (χ4n) is 9.91. The number of fused-ring (bicyclic) bond motifs is 8. The van der Waals surface area contributed by atoms with E-state index in [0.717, 1.165) is 105 Å². The minimum absolute atomic E-state index is 0.00966. The Bertz CT molecular complexity index is 3660. The van der Waals surface area contributed by atoms with Gasteiger partial charge in [-0.3, -0.25) is 4.98 Å². The second kappa shape index (κ2) is 14.6. The Hall–Kier alpha value is -8.41. The van der Waals surface area contributed by atoms with Crippen molar-refractivity contribution in [2.24, 2.45) is 0 Å². The number of aromatic nitrogens is 3. The summed E-state index contributed by atoms with van der Waals surface area (Å²) in [5.41, 5.74) is 14.3. The van der Waals surface area contributed by atoms with Gasteiger partial charge in [0.1, 0.15) is 23.0 Å². The highest BCUT2D eigenvalue weighted by Crippen LogP contribution is 2.46. The second-order valence-electron chi connectivity index (χ2n) is 16.6. The summed E-state index contributed by atoms with van der Waals surface area (Å²) >= 11 is 0. The van der Waals surface area contributed by atoms with Gasteiger partial charge in [0.05, 0.1) is 11.4 Å². The van der Waals surface area contributed by atoms with E-state index in [1.807, 2.05) is 42.7 Å². The van der Waals surface area contributed by atoms with Crippen LogP contribution in [0.3, 0.4) is 0 Å². The smallest absolute Gasteiger partial charge is 0.160 e. The largest absolute Gasteiger partial charge is 0.485 e. The first kappa shape index (κ1) is 36.3. The van der Waals surface area contributed by atoms with Crippen molar-refractivity contribution in [1.82, 2.24) is 15.0 Å². The molecular weight excluding hydrogens is 783 g/mol. The van der Waals surface area contributed by atoms with Crippen LogP contribution >= 0.6 is 0 Å². The van der Waals surface area contributed by atoms with Gasteiger partial charge >= 0.3 is 0 Å². The molecule has 300 valence electrons. The molecule has 0 spiro atoms. The standard InChI is InChI=1S/C59H37N3O2/c1-2-12-37(13-3-1)59-61-51(35-52(62-59)58-47-18-6-4-16-45(47)57(36-26-28-60-29-27-36)46-17-5-7-19-48(46)58)42-31-40(38-22-24-55-49(33-38)43-14-8-10-20-53(43)63-55)30-41(32-42)39-23-25-56-50(34-39)44-15-9-11-21-54(44)64-56/h1-35,43,53H. The fourth-order valence-corrected chi connectivity index (χ4v) is 9.91. The molecule has 1 aliphatic heterocycles. The quantitative estimate of drug-likeness (QED) is 0.156. The summed E-state index contributed by atoms with van der Waals surface area (Å²) < 4.78 is 12.7. The first-order valence-corrected chi connectivity index (χ1v) is 21.7. The van der Waals surface area contributed by atoms with E-state index >= 15 is 0 Å². The molecule has 4 heterocycles. The van der Waals surface area contributed by atoms with Crippen LogP contribution in [0.5, 0.6) is 5.75 Å². The molecule has 0 fully saturated rings. The molecule has 1 aliphatic carbocycles. The van der Waals surface area contributed by atoms with Crippen LogP contribution in [0.25, 0.3) is 111 Å². The Labute approximate surface area is 369 Å². The van der Waals surface area contributed by atoms with Crippen molar-refractivity contribution in [3.63, 3.8) is 0 Å². The molecule has 2 atom stereocenters. The summed E-state index contributed by atoms with van der Waals surface area (Å²) in [6, 6.07) is 62.3. The third kappa shape index (κ3) is 5.97. The Morgan fingerprint density at radius 2 is 1.00 bits per heavy atom. The van der Waals surface area contributed by atoms with E-state index in [2.05, 4.69) is 175 Å². The normalized spacial score (nSPS) is 15.2. The SMILES string of the molecule is C1=CC2Oc3ccc(-c4cc(-c5ccc6oc7ccccc7c6c5)cc(-c5cc(-c6c7ccccc7c(-c7ccncc7)c7ccccc67)nc(-c6ccccc6)n5)c4)cc3C2C=C1. The van der Waals surface area contributed by atoms with Crippen LogP contribution in [0.1, 0.15) is 11.5 Å². The number of pyridine rings is 1. The third-order valence-electron chi connectivity index (χ3n) is 12.9. The number of furan rings is 1. The zero-order valence-electron chi connectivity index (χ0n) is 34.5. The third-order valence-corrected chi connectivity index (χ3v) is 12.9. The lowest BCUT2D eigenvalue weighted by atomic mass is 9.87. The van der Waals surface area contributed by atoms with Crippen molar-refractivity contribution < 1.29 is 9.15 Å². The minimum atomic E-state index is 0.00966. The van der Waals surface area contributed by atoms with Crippen LogP contribution in [-0.4, -0.2) is 21.1 Å². The van der Waals surface area contributed by atoms with Gasteiger partial charge in [-0.1, -0.05) is 127 Å². The molecule has 0 saturated heterocycles. The number of allylic oxidation sites excluding steroid dienone is 2. The van der Waals surface area contributed by atoms with Crippen LogP contribution in [0.15, 0.2) is 217 Å². The lowest BCUT2D eigenvalue weighted by Crippen LogP contribution is -2.15. The van der Waals surface area contributed by atoms with Crippen LogP contribution in [0.2, 0.25) is 0 Å². The zero-order valence-corrected chi connectivity index (χ0v) is 34.5. The van der Waals surface area contributed by atoms with Crippen molar-refractivity contribution >= 4 is 43.5 Å². The Kier molecular flexibility index (Phi) is 8.28. The molecule has 0 N–H and O–H groups in total. The molecular formula is C59H37N3O2. The summed E-state index contributed by atoms with van der Waals surface area (Å²) in [5, 5.41) is 6.74. The molecule has 13 rings (SSSR count). The topological polar surface area (TPSA) is 61.0 Å². The molecule has 0 amide bonds. The van der Waals surface area contributed by atoms with Crippen molar-refractivity contribution in [2.45, 2.75) is 12.0 Å². The molecule has 2 aliphatic rings. The molecule has 8 aromatic carbocycles. The maximum Gasteiger partial charge on any atom is 0.160 e. The summed E-state index contributed by atoms with van der Waals surface area (Å²) in [6.07, 6.45) is 12.3. The highest BCUT2D eigenvalue weighted by atomic mass is 16.5. The number of hydrogen-bond acceptors (Lipinski definition) is 5. The van der Waals surface area contributed by atoms with Gasteiger partial charge < -0.3 is 9.15 Å². The Morgan fingerprint density at radius 1 is 0.391 bits per heavy atom. The van der Waals surface area contributed by atoms with Gasteiger partial charge in [0.25, 0.3) is 0 Å². The lowest BCUT2D eigenvalue weighted by molar-refractivity contribution is 0.269. The van der Waals surface area contributed by atoms with E-state index < -0.39 is 0 Å². The van der Waals surface area contributed by atoms with E-state index in [1.165, 1.54) is 11.1 Å². The van der Waals surface area contributed by atoms with Crippen molar-refractivity contribution in [3.05, 3.63) is 218 Å². The summed E-state index contributed by atoms with van der Waals surface area (Å²) in [4.78, 5) is 15.2. The van der Waals surface area contributed by atoms with Gasteiger partial charge in [-0.2, -0.15) is 0 Å². The average molecular weight is 820 g/mol. The Morgan fingerprint density at radius 3 is 1.77 bits per heavy atom. The summed E-state index contributed by atoms with van der Waals surface area (Å²) in [6.45, 7) is 0. The van der Waals surface area contributed by atoms with Crippen molar-refractivity contribution in [3.8, 4) is 73.0 Å². The maximum atomic E-state index is 6.39. The van der Waals surface area contributed by atoms with E-state index in [1.54, 1.807) is 0 Å². The van der Waals surface area contributed by atoms with Gasteiger partial charge in [-0.15, -0.1) is 0 Å². The minimum Gasteiger partial charge on any atom is -0.485 e. The molecule has 2 unspecified atom stereocenters. The molecule has 0 bridgehead atoms. The molecule has 0 saturated carbocycles. The number of benzene rings is 8. The average Bonchev–Trinajstić information content (AvgIpc) is 3.93. The lowest BCUT2D eigenvalue weighted by Gasteiger charge is -2.18. The van der Waals surface area contributed by atoms with E-state index in [9.17, 15) is 0 Å². The molecule has 0 radical (unpaired) electrons. The molecule has 5 nitrogen and oxygen atoms in total. The number of nitrogens with zero attached hydrogens (tertiary/aromatic N) is 3. The number of hydrogen-bond donors (Lipinski definition) is 0. The molecule has 64 heavy (non-hydrogen) atoms. The number of rotatable bonds is 6. The van der Waals surface area contributed by atoms with Gasteiger partial charge in [-0.25, -0.2) is 9.97 Å².